The molecule has 0 radical (unpaired) electrons. The van der Waals surface area contributed by atoms with Crippen LogP contribution in [-0.4, -0.2) is 60.0 Å². The summed E-state index contributed by atoms with van der Waals surface area (Å²) >= 11 is 1.81. The molecule has 132 valence electrons. The first-order chi connectivity index (χ1) is 11.2. The van der Waals surface area contributed by atoms with E-state index in [4.69, 9.17) is 10.3 Å². The summed E-state index contributed by atoms with van der Waals surface area (Å²) in [6.45, 7) is 2.83. The minimum Gasteiger partial charge on any atom is -0.398 e. The number of nitrogens with zero attached hydrogens (tertiary/aromatic N) is 2. The van der Waals surface area contributed by atoms with Gasteiger partial charge in [-0.25, -0.2) is 5.43 Å². The Balaban J connectivity index is 0.000000368. The highest BCUT2D eigenvalue weighted by Crippen LogP contribution is 2.25. The van der Waals surface area contributed by atoms with Crippen molar-refractivity contribution in [3.63, 3.8) is 0 Å². The van der Waals surface area contributed by atoms with Crippen LogP contribution in [0.5, 0.6) is 0 Å². The lowest BCUT2D eigenvalue weighted by atomic mass is 10.0. The van der Waals surface area contributed by atoms with E-state index in [0.29, 0.717) is 6.26 Å². The fourth-order valence-corrected chi connectivity index (χ4v) is 3.48. The Bertz CT molecular complexity index is 756. The zero-order valence-electron chi connectivity index (χ0n) is 13.4. The van der Waals surface area contributed by atoms with Crippen molar-refractivity contribution in [3.8, 4) is 0 Å². The number of benzene rings is 1. The van der Waals surface area contributed by atoms with Gasteiger partial charge >= 0.3 is 0 Å². The van der Waals surface area contributed by atoms with E-state index < -0.39 is 10.1 Å². The summed E-state index contributed by atoms with van der Waals surface area (Å²) in [5.74, 6) is 2.64. The first kappa shape index (κ1) is 18.6. The molecule has 1 fully saturated rings. The number of rotatable bonds is 1. The molecule has 0 bridgehead atoms. The second kappa shape index (κ2) is 7.41. The molecular weight excluding hydrogens is 352 g/mol. The van der Waals surface area contributed by atoms with Crippen LogP contribution in [0.1, 0.15) is 11.1 Å². The van der Waals surface area contributed by atoms with Gasteiger partial charge in [-0.3, -0.25) is 9.35 Å². The molecule has 2 aliphatic rings. The number of nitrogens with one attached hydrogen (secondary N) is 1. The number of carbonyl (C=O) groups excluding carboxylic acids is 1. The number of hydrogen-bond donors (Lipinski definition) is 3. The van der Waals surface area contributed by atoms with Gasteiger partial charge in [-0.2, -0.15) is 25.3 Å². The third kappa shape index (κ3) is 4.62. The summed E-state index contributed by atoms with van der Waals surface area (Å²) in [5, 5.41) is 4.25. The van der Waals surface area contributed by atoms with Gasteiger partial charge in [0.25, 0.3) is 16.0 Å². The molecule has 1 aromatic carbocycles. The van der Waals surface area contributed by atoms with Gasteiger partial charge < -0.3 is 10.6 Å². The zero-order valence-corrected chi connectivity index (χ0v) is 15.0. The third-order valence-corrected chi connectivity index (χ3v) is 4.61. The number of carbonyl (C=O) groups is 1. The predicted molar refractivity (Wildman–Crippen MR) is 95.6 cm³/mol. The molecule has 1 saturated heterocycles. The van der Waals surface area contributed by atoms with E-state index in [0.717, 1.165) is 40.7 Å². The molecule has 10 heteroatoms. The number of fused-ring (bicyclic) bond motifs is 1. The van der Waals surface area contributed by atoms with Crippen LogP contribution in [0.3, 0.4) is 0 Å². The largest absolute Gasteiger partial charge is 0.398 e. The standard InChI is InChI=1S/C13H16N4OS.CH4O3S/c1-8-9(3-2-4-10(8)14)12-15-16-13(18)11-7-19-6-5-17(11)12;1-5(2,3)4/h2-4,11H,5-7,14H2,1H3,(H,16,18);1H3,(H,2,3,4). The minimum atomic E-state index is -3.67. The van der Waals surface area contributed by atoms with Gasteiger partial charge in [0.2, 0.25) is 0 Å². The molecule has 0 aliphatic carbocycles. The molecule has 2 heterocycles. The van der Waals surface area contributed by atoms with Crippen LogP contribution in [0.15, 0.2) is 23.3 Å². The number of nitrogens with two attached hydrogens (primary N) is 1. The van der Waals surface area contributed by atoms with Gasteiger partial charge in [0.15, 0.2) is 5.84 Å². The van der Waals surface area contributed by atoms with Crippen LogP contribution in [0.25, 0.3) is 0 Å². The van der Waals surface area contributed by atoms with Crippen molar-refractivity contribution in [1.82, 2.24) is 10.3 Å². The number of thioether (sulfide) groups is 1. The second-order valence-corrected chi connectivity index (χ2v) is 8.06. The highest BCUT2D eigenvalue weighted by atomic mass is 32.2. The summed E-state index contributed by atoms with van der Waals surface area (Å²) in [6.07, 6.45) is 0.715. The summed E-state index contributed by atoms with van der Waals surface area (Å²) in [7, 11) is -3.67. The summed E-state index contributed by atoms with van der Waals surface area (Å²) in [6, 6.07) is 5.68. The van der Waals surface area contributed by atoms with Gasteiger partial charge in [0.05, 0.1) is 6.26 Å². The van der Waals surface area contributed by atoms with E-state index >= 15 is 0 Å². The van der Waals surface area contributed by atoms with E-state index in [9.17, 15) is 13.2 Å². The monoisotopic (exact) mass is 372 g/mol. The van der Waals surface area contributed by atoms with Crippen LogP contribution >= 0.6 is 11.8 Å². The van der Waals surface area contributed by atoms with Gasteiger partial charge in [-0.05, 0) is 18.6 Å². The van der Waals surface area contributed by atoms with Crippen molar-refractivity contribution >= 4 is 39.3 Å². The van der Waals surface area contributed by atoms with Gasteiger partial charge in [0, 0.05) is 29.3 Å². The molecule has 1 atom stereocenters. The van der Waals surface area contributed by atoms with Crippen LogP contribution in [-0.2, 0) is 14.9 Å². The fraction of sp³-hybridized carbons (Fsp3) is 0.429. The van der Waals surface area contributed by atoms with Gasteiger partial charge in [-0.1, -0.05) is 12.1 Å². The van der Waals surface area contributed by atoms with Gasteiger partial charge in [0.1, 0.15) is 6.04 Å². The smallest absolute Gasteiger partial charge is 0.263 e. The quantitative estimate of drug-likeness (QED) is 0.478. The molecule has 4 N–H and O–H groups in total. The van der Waals surface area contributed by atoms with Crippen LogP contribution in [0.4, 0.5) is 5.69 Å². The Morgan fingerprint density at radius 3 is 2.79 bits per heavy atom. The van der Waals surface area contributed by atoms with Crippen molar-refractivity contribution in [2.24, 2.45) is 5.10 Å². The summed E-state index contributed by atoms with van der Waals surface area (Å²) < 4.78 is 25.9. The Morgan fingerprint density at radius 2 is 2.12 bits per heavy atom. The minimum absolute atomic E-state index is 0.0162. The van der Waals surface area contributed by atoms with Crippen molar-refractivity contribution < 1.29 is 17.8 Å². The number of amidine groups is 1. The molecule has 0 saturated carbocycles. The third-order valence-electron chi connectivity index (χ3n) is 3.59. The average Bonchev–Trinajstić information content (AvgIpc) is 2.50. The van der Waals surface area contributed by atoms with Crippen molar-refractivity contribution in [3.05, 3.63) is 29.3 Å². The first-order valence-corrected chi connectivity index (χ1v) is 10.2. The molecule has 0 spiro atoms. The van der Waals surface area contributed by atoms with Gasteiger partial charge in [-0.15, -0.1) is 0 Å². The normalized spacial score (nSPS) is 20.3. The second-order valence-electron chi connectivity index (χ2n) is 5.45. The SMILES string of the molecule is CS(=O)(=O)O.Cc1c(N)cccc1C1=NNC(=O)C2CSCCN12. The maximum atomic E-state index is 11.9. The van der Waals surface area contributed by atoms with E-state index in [1.165, 1.54) is 0 Å². The highest BCUT2D eigenvalue weighted by Gasteiger charge is 2.35. The van der Waals surface area contributed by atoms with Crippen LogP contribution in [0.2, 0.25) is 0 Å². The molecular formula is C14H20N4O4S2. The van der Waals surface area contributed by atoms with E-state index in [1.807, 2.05) is 25.1 Å². The fourth-order valence-electron chi connectivity index (χ4n) is 2.43. The lowest BCUT2D eigenvalue weighted by molar-refractivity contribution is -0.125. The molecule has 24 heavy (non-hydrogen) atoms. The Kier molecular flexibility index (Phi) is 5.73. The molecule has 3 rings (SSSR count). The molecule has 2 aliphatic heterocycles. The molecule has 1 unspecified atom stereocenters. The topological polar surface area (TPSA) is 125 Å². The van der Waals surface area contributed by atoms with Crippen molar-refractivity contribution in [1.29, 1.82) is 0 Å². The van der Waals surface area contributed by atoms with E-state index in [1.54, 1.807) is 11.8 Å². The van der Waals surface area contributed by atoms with E-state index in [2.05, 4.69) is 15.4 Å². The lowest BCUT2D eigenvalue weighted by Crippen LogP contribution is -2.57. The molecule has 1 amide bonds. The maximum absolute atomic E-state index is 11.9. The maximum Gasteiger partial charge on any atom is 0.263 e. The number of anilines is 1. The molecule has 8 nitrogen and oxygen atoms in total. The average molecular weight is 372 g/mol. The van der Waals surface area contributed by atoms with E-state index in [-0.39, 0.29) is 11.9 Å². The van der Waals surface area contributed by atoms with Crippen LogP contribution in [0, 0.1) is 6.92 Å². The van der Waals surface area contributed by atoms with Crippen molar-refractivity contribution in [2.45, 2.75) is 13.0 Å². The Hall–Kier alpha value is -1.78. The van der Waals surface area contributed by atoms with Crippen molar-refractivity contribution in [2.75, 3.05) is 30.0 Å². The summed E-state index contributed by atoms with van der Waals surface area (Å²) in [5.41, 5.74) is 11.3. The molecule has 0 aromatic heterocycles. The number of hydrogen-bond acceptors (Lipinski definition) is 7. The zero-order chi connectivity index (χ0) is 17.9. The predicted octanol–water partition coefficient (Wildman–Crippen LogP) is 0.290. The Morgan fingerprint density at radius 1 is 1.46 bits per heavy atom. The highest BCUT2D eigenvalue weighted by molar-refractivity contribution is 7.99. The number of amides is 1. The lowest BCUT2D eigenvalue weighted by Gasteiger charge is -2.39. The van der Waals surface area contributed by atoms with Crippen LogP contribution < -0.4 is 11.2 Å². The Labute approximate surface area is 145 Å². The first-order valence-electron chi connectivity index (χ1n) is 7.18. The molecule has 1 aromatic rings. The number of nitrogen functional groups attached to an aromatic ring is 1. The summed E-state index contributed by atoms with van der Waals surface area (Å²) in [4.78, 5) is 14.0. The number of hydrazone groups is 1.